The first kappa shape index (κ1) is 15.0. The van der Waals surface area contributed by atoms with Crippen LogP contribution >= 0.6 is 11.8 Å². The number of nitrogens with one attached hydrogen (secondary N) is 1. The molecule has 1 heterocycles. The van der Waals surface area contributed by atoms with Crippen LogP contribution in [0.5, 0.6) is 0 Å². The van der Waals surface area contributed by atoms with Crippen LogP contribution in [-0.4, -0.2) is 26.9 Å². The van der Waals surface area contributed by atoms with E-state index in [2.05, 4.69) is 10.4 Å². The second-order valence-electron chi connectivity index (χ2n) is 4.27. The van der Waals surface area contributed by atoms with E-state index in [1.807, 2.05) is 0 Å². The highest BCUT2D eigenvalue weighted by atomic mass is 32.2. The molecule has 0 fully saturated rings. The second kappa shape index (κ2) is 5.92. The Balaban J connectivity index is 2.31. The molecule has 21 heavy (non-hydrogen) atoms. The van der Waals surface area contributed by atoms with Crippen molar-refractivity contribution >= 4 is 34.4 Å². The number of amides is 2. The largest absolute Gasteiger partial charge is 0.304 e. The van der Waals surface area contributed by atoms with Gasteiger partial charge in [0.25, 0.3) is 5.69 Å². The van der Waals surface area contributed by atoms with E-state index in [1.54, 1.807) is 12.1 Å². The molecule has 0 saturated carbocycles. The Morgan fingerprint density at radius 1 is 1.43 bits per heavy atom. The summed E-state index contributed by atoms with van der Waals surface area (Å²) < 4.78 is 0. The lowest BCUT2D eigenvalue weighted by Gasteiger charge is -2.18. The third-order valence-electron chi connectivity index (χ3n) is 2.62. The molecule has 1 aromatic carbocycles. The van der Waals surface area contributed by atoms with Crippen LogP contribution in [0.2, 0.25) is 0 Å². The highest BCUT2D eigenvalue weighted by molar-refractivity contribution is 8.14. The monoisotopic (exact) mass is 308 g/mol. The number of hydrogen-bond donors (Lipinski definition) is 1. The van der Waals surface area contributed by atoms with Gasteiger partial charge < -0.3 is 5.32 Å². The number of amidine groups is 1. The molecular formula is C12H12N4O4S. The molecule has 8 nitrogen and oxygen atoms in total. The van der Waals surface area contributed by atoms with Crippen LogP contribution < -0.4 is 5.32 Å². The number of carbonyl (C=O) groups excluding carboxylic acids is 2. The molecule has 1 atom stereocenters. The Morgan fingerprint density at radius 3 is 2.71 bits per heavy atom. The van der Waals surface area contributed by atoms with E-state index in [1.165, 1.54) is 31.0 Å². The molecule has 0 bridgehead atoms. The molecule has 1 aliphatic heterocycles. The Kier molecular flexibility index (Phi) is 4.22. The normalized spacial score (nSPS) is 17.3. The van der Waals surface area contributed by atoms with Crippen molar-refractivity contribution in [3.63, 3.8) is 0 Å². The SMILES string of the molecule is CC(=O)NC1=NN(C(C)=O)[C@H](c2cccc([N+](=O)[O-])c2)S1. The van der Waals surface area contributed by atoms with Crippen LogP contribution in [0.3, 0.4) is 0 Å². The van der Waals surface area contributed by atoms with Gasteiger partial charge in [0.05, 0.1) is 4.92 Å². The minimum absolute atomic E-state index is 0.0652. The summed E-state index contributed by atoms with van der Waals surface area (Å²) in [6, 6.07) is 5.98. The summed E-state index contributed by atoms with van der Waals surface area (Å²) >= 11 is 1.15. The highest BCUT2D eigenvalue weighted by Gasteiger charge is 2.32. The highest BCUT2D eigenvalue weighted by Crippen LogP contribution is 2.39. The topological polar surface area (TPSA) is 105 Å². The molecule has 0 saturated heterocycles. The quantitative estimate of drug-likeness (QED) is 0.660. The summed E-state index contributed by atoms with van der Waals surface area (Å²) in [6.07, 6.45) is 0. The smallest absolute Gasteiger partial charge is 0.269 e. The first-order valence-electron chi connectivity index (χ1n) is 5.95. The lowest BCUT2D eigenvalue weighted by atomic mass is 10.2. The number of hydrazone groups is 1. The molecule has 0 spiro atoms. The van der Waals surface area contributed by atoms with Crippen molar-refractivity contribution in [1.82, 2.24) is 10.3 Å². The summed E-state index contributed by atoms with van der Waals surface area (Å²) in [6.45, 7) is 2.67. The summed E-state index contributed by atoms with van der Waals surface area (Å²) in [5.74, 6) is -0.621. The van der Waals surface area contributed by atoms with E-state index in [-0.39, 0.29) is 22.7 Å². The Bertz CT molecular complexity index is 646. The summed E-state index contributed by atoms with van der Waals surface area (Å²) in [4.78, 5) is 33.0. The number of nitro benzene ring substituents is 1. The predicted molar refractivity (Wildman–Crippen MR) is 77.2 cm³/mol. The summed E-state index contributed by atoms with van der Waals surface area (Å²) in [5.41, 5.74) is 0.498. The van der Waals surface area contributed by atoms with Crippen molar-refractivity contribution in [2.45, 2.75) is 19.2 Å². The van der Waals surface area contributed by atoms with Gasteiger partial charge in [-0.2, -0.15) is 0 Å². The van der Waals surface area contributed by atoms with Crippen molar-refractivity contribution < 1.29 is 14.5 Å². The first-order chi connectivity index (χ1) is 9.88. The van der Waals surface area contributed by atoms with Crippen LogP contribution in [0.4, 0.5) is 5.69 Å². The fourth-order valence-corrected chi connectivity index (χ4v) is 2.90. The van der Waals surface area contributed by atoms with E-state index in [9.17, 15) is 19.7 Å². The average Bonchev–Trinajstić information content (AvgIpc) is 2.82. The standard InChI is InChI=1S/C12H12N4O4S/c1-7(17)13-12-14-15(8(2)18)11(21-12)9-4-3-5-10(6-9)16(19)20/h3-6,11H,1-2H3,(H,13,14,17)/t11-/m0/s1. The van der Waals surface area contributed by atoms with Gasteiger partial charge in [-0.05, 0) is 5.56 Å². The number of nitro groups is 1. The molecule has 2 rings (SSSR count). The molecule has 1 N–H and O–H groups in total. The maximum Gasteiger partial charge on any atom is 0.269 e. The summed E-state index contributed by atoms with van der Waals surface area (Å²) in [5, 5.41) is 18.3. The number of rotatable bonds is 2. The zero-order chi connectivity index (χ0) is 15.6. The van der Waals surface area contributed by atoms with E-state index < -0.39 is 10.3 Å². The van der Waals surface area contributed by atoms with Gasteiger partial charge in [-0.15, -0.1) is 5.10 Å². The maximum atomic E-state index is 11.6. The van der Waals surface area contributed by atoms with Crippen molar-refractivity contribution in [1.29, 1.82) is 0 Å². The van der Waals surface area contributed by atoms with E-state index >= 15 is 0 Å². The minimum atomic E-state index is -0.538. The minimum Gasteiger partial charge on any atom is -0.304 e. The Morgan fingerprint density at radius 2 is 2.14 bits per heavy atom. The molecular weight excluding hydrogens is 296 g/mol. The van der Waals surface area contributed by atoms with Gasteiger partial charge in [-0.25, -0.2) is 5.01 Å². The lowest BCUT2D eigenvalue weighted by molar-refractivity contribution is -0.384. The van der Waals surface area contributed by atoms with Crippen LogP contribution in [0.25, 0.3) is 0 Å². The molecule has 0 radical (unpaired) electrons. The van der Waals surface area contributed by atoms with E-state index in [0.29, 0.717) is 5.56 Å². The van der Waals surface area contributed by atoms with Gasteiger partial charge in [0.2, 0.25) is 11.8 Å². The van der Waals surface area contributed by atoms with Crippen molar-refractivity contribution in [2.24, 2.45) is 5.10 Å². The van der Waals surface area contributed by atoms with Crippen molar-refractivity contribution in [3.8, 4) is 0 Å². The number of carbonyl (C=O) groups is 2. The molecule has 2 amide bonds. The number of thioether (sulfide) groups is 1. The number of non-ortho nitro benzene ring substituents is 1. The van der Waals surface area contributed by atoms with Crippen LogP contribution in [0.15, 0.2) is 29.4 Å². The molecule has 9 heteroatoms. The lowest BCUT2D eigenvalue weighted by Crippen LogP contribution is -2.25. The molecule has 0 aromatic heterocycles. The van der Waals surface area contributed by atoms with Crippen molar-refractivity contribution in [3.05, 3.63) is 39.9 Å². The van der Waals surface area contributed by atoms with Gasteiger partial charge in [-0.3, -0.25) is 19.7 Å². The number of nitrogens with zero attached hydrogens (tertiary/aromatic N) is 3. The number of benzene rings is 1. The average molecular weight is 308 g/mol. The van der Waals surface area contributed by atoms with Gasteiger partial charge in [-0.1, -0.05) is 23.9 Å². The van der Waals surface area contributed by atoms with Crippen LogP contribution in [-0.2, 0) is 9.59 Å². The van der Waals surface area contributed by atoms with Gasteiger partial charge >= 0.3 is 0 Å². The fraction of sp³-hybridized carbons (Fsp3) is 0.250. The molecule has 110 valence electrons. The maximum absolute atomic E-state index is 11.6. The zero-order valence-electron chi connectivity index (χ0n) is 11.3. The van der Waals surface area contributed by atoms with E-state index in [0.717, 1.165) is 11.8 Å². The van der Waals surface area contributed by atoms with Crippen LogP contribution in [0, 0.1) is 10.1 Å². The van der Waals surface area contributed by atoms with Crippen molar-refractivity contribution in [2.75, 3.05) is 0 Å². The Labute approximate surface area is 124 Å². The molecule has 1 aliphatic rings. The fourth-order valence-electron chi connectivity index (χ4n) is 1.77. The zero-order valence-corrected chi connectivity index (χ0v) is 12.1. The number of hydrogen-bond acceptors (Lipinski definition) is 6. The second-order valence-corrected chi connectivity index (χ2v) is 5.34. The van der Waals surface area contributed by atoms with Gasteiger partial charge in [0, 0.05) is 26.0 Å². The first-order valence-corrected chi connectivity index (χ1v) is 6.83. The Hall–Kier alpha value is -2.42. The molecule has 1 aromatic rings. The van der Waals surface area contributed by atoms with E-state index in [4.69, 9.17) is 0 Å². The van der Waals surface area contributed by atoms with Crippen LogP contribution in [0.1, 0.15) is 24.8 Å². The summed E-state index contributed by atoms with van der Waals surface area (Å²) in [7, 11) is 0. The third kappa shape index (κ3) is 3.37. The molecule has 0 unspecified atom stereocenters. The van der Waals surface area contributed by atoms with Gasteiger partial charge in [0.1, 0.15) is 5.37 Å². The van der Waals surface area contributed by atoms with Gasteiger partial charge in [0.15, 0.2) is 5.17 Å². The molecule has 0 aliphatic carbocycles. The third-order valence-corrected chi connectivity index (χ3v) is 3.72. The predicted octanol–water partition coefficient (Wildman–Crippen LogP) is 1.60.